The number of hydrogen-bond acceptors (Lipinski definition) is 16. The van der Waals surface area contributed by atoms with E-state index in [2.05, 4.69) is 0 Å². The largest absolute Gasteiger partial charge is 0.394 e. The van der Waals surface area contributed by atoms with Gasteiger partial charge < -0.3 is 79.1 Å². The van der Waals surface area contributed by atoms with E-state index < -0.39 is 112 Å². The first-order chi connectivity index (χ1) is 17.1. The fourth-order valence-electron chi connectivity index (χ4n) is 4.57. The summed E-state index contributed by atoms with van der Waals surface area (Å²) in [6.45, 7) is -2.04. The molecule has 16 heteroatoms. The third-order valence-electron chi connectivity index (χ3n) is 6.58. The van der Waals surface area contributed by atoms with Gasteiger partial charge in [0.15, 0.2) is 18.9 Å². The third-order valence-corrected chi connectivity index (χ3v) is 6.58. The molecule has 3 aliphatic heterocycles. The molecule has 3 rings (SSSR count). The number of ether oxygens (including phenoxy) is 7. The lowest BCUT2D eigenvalue weighted by molar-refractivity contribution is -0.380. The molecular weight excluding hydrogens is 496 g/mol. The fourth-order valence-corrected chi connectivity index (χ4v) is 4.57. The van der Waals surface area contributed by atoms with Crippen LogP contribution >= 0.6 is 0 Å². The van der Waals surface area contributed by atoms with Gasteiger partial charge in [-0.1, -0.05) is 0 Å². The van der Waals surface area contributed by atoms with E-state index in [4.69, 9.17) is 33.2 Å². The molecule has 9 N–H and O–H groups in total. The molecule has 15 atom stereocenters. The predicted octanol–water partition coefficient (Wildman–Crippen LogP) is -6.26. The van der Waals surface area contributed by atoms with Crippen LogP contribution in [0, 0.1) is 0 Å². The number of rotatable bonds is 9. The highest BCUT2D eigenvalue weighted by Gasteiger charge is 2.54. The molecule has 3 heterocycles. The minimum atomic E-state index is -1.76. The summed E-state index contributed by atoms with van der Waals surface area (Å²) in [5.74, 6) is 0. The molecule has 0 saturated carbocycles. The first-order valence-corrected chi connectivity index (χ1v) is 11.4. The standard InChI is InChI=1S/C20H36O16/c1-30-16-12(27)18(29)32-7(4-22)14(16)36-20-13(28)17(31-2)15(8(5-23)34-20)35-19-11(26)10(25)9(24)6(3-21)33-19/h6-29H,3-5H2,1-2H3/t6-,7-,8-,9-,10+,11+,12+,13+,14-,15-,16-,17-,18+,19-,20-/m1/s1. The van der Waals surface area contributed by atoms with Crippen LogP contribution in [-0.4, -0.2) is 172 Å². The molecule has 0 aromatic heterocycles. The SMILES string of the molecule is CO[C@@H]1[C@H](O)[C@@H](O[C@H]2[C@H](OC)[C@H](O)[C@@H](O)O[C@@H]2CO)O[C@H](CO)[C@H]1O[C@H]1O[C@H](CO)[C@@H](O)[C@H](O)[C@@H]1O. The smallest absolute Gasteiger partial charge is 0.187 e. The molecule has 3 fully saturated rings. The van der Waals surface area contributed by atoms with E-state index in [1.54, 1.807) is 0 Å². The average molecular weight is 532 g/mol. The van der Waals surface area contributed by atoms with Gasteiger partial charge in [0.25, 0.3) is 0 Å². The Labute approximate surface area is 206 Å². The molecule has 3 saturated heterocycles. The van der Waals surface area contributed by atoms with Gasteiger partial charge in [-0.25, -0.2) is 0 Å². The molecule has 0 unspecified atom stereocenters. The van der Waals surface area contributed by atoms with Crippen molar-refractivity contribution in [2.45, 2.75) is 92.1 Å². The van der Waals surface area contributed by atoms with E-state index in [0.29, 0.717) is 0 Å². The van der Waals surface area contributed by atoms with E-state index in [1.165, 1.54) is 14.2 Å². The van der Waals surface area contributed by atoms with Gasteiger partial charge >= 0.3 is 0 Å². The molecule has 36 heavy (non-hydrogen) atoms. The van der Waals surface area contributed by atoms with Crippen LogP contribution in [0.4, 0.5) is 0 Å². The lowest BCUT2D eigenvalue weighted by Gasteiger charge is -2.48. The van der Waals surface area contributed by atoms with Crippen molar-refractivity contribution in [1.29, 1.82) is 0 Å². The molecule has 0 radical (unpaired) electrons. The summed E-state index contributed by atoms with van der Waals surface area (Å²) < 4.78 is 38.1. The molecule has 0 aromatic carbocycles. The molecule has 0 amide bonds. The van der Waals surface area contributed by atoms with Crippen LogP contribution in [0.15, 0.2) is 0 Å². The van der Waals surface area contributed by atoms with Crippen molar-refractivity contribution < 1.29 is 79.1 Å². The summed E-state index contributed by atoms with van der Waals surface area (Å²) >= 11 is 0. The average Bonchev–Trinajstić information content (AvgIpc) is 2.87. The van der Waals surface area contributed by atoms with E-state index in [0.717, 1.165) is 0 Å². The lowest BCUT2D eigenvalue weighted by Crippen LogP contribution is -2.67. The second kappa shape index (κ2) is 12.9. The summed E-state index contributed by atoms with van der Waals surface area (Å²) in [4.78, 5) is 0. The van der Waals surface area contributed by atoms with Gasteiger partial charge in [0, 0.05) is 14.2 Å². The van der Waals surface area contributed by atoms with Crippen molar-refractivity contribution >= 4 is 0 Å². The highest BCUT2D eigenvalue weighted by molar-refractivity contribution is 4.97. The number of hydrogen-bond donors (Lipinski definition) is 9. The zero-order valence-corrected chi connectivity index (χ0v) is 19.7. The van der Waals surface area contributed by atoms with Gasteiger partial charge in [-0.05, 0) is 0 Å². The Morgan fingerprint density at radius 2 is 0.944 bits per heavy atom. The Bertz CT molecular complexity index is 670. The number of aliphatic hydroxyl groups is 9. The van der Waals surface area contributed by atoms with E-state index in [1.807, 2.05) is 0 Å². The molecule has 0 aromatic rings. The van der Waals surface area contributed by atoms with Crippen LogP contribution in [0.5, 0.6) is 0 Å². The maximum absolute atomic E-state index is 10.9. The summed E-state index contributed by atoms with van der Waals surface area (Å²) in [5, 5.41) is 90.3. The predicted molar refractivity (Wildman–Crippen MR) is 111 cm³/mol. The maximum Gasteiger partial charge on any atom is 0.187 e. The summed E-state index contributed by atoms with van der Waals surface area (Å²) in [7, 11) is 2.44. The minimum Gasteiger partial charge on any atom is -0.394 e. The zero-order chi connectivity index (χ0) is 26.7. The number of aliphatic hydroxyl groups excluding tert-OH is 9. The van der Waals surface area contributed by atoms with Crippen molar-refractivity contribution in [2.75, 3.05) is 34.0 Å². The lowest BCUT2D eigenvalue weighted by atomic mass is 9.96. The topological polar surface area (TPSA) is 247 Å². The quantitative estimate of drug-likeness (QED) is 0.134. The molecule has 0 spiro atoms. The van der Waals surface area contributed by atoms with Gasteiger partial charge in [0.05, 0.1) is 19.8 Å². The van der Waals surface area contributed by atoms with Gasteiger partial charge in [-0.2, -0.15) is 0 Å². The highest BCUT2D eigenvalue weighted by atomic mass is 16.8. The maximum atomic E-state index is 10.9. The van der Waals surface area contributed by atoms with Crippen LogP contribution in [0.3, 0.4) is 0 Å². The van der Waals surface area contributed by atoms with Crippen molar-refractivity contribution in [3.63, 3.8) is 0 Å². The Balaban J connectivity index is 1.78. The van der Waals surface area contributed by atoms with Crippen LogP contribution < -0.4 is 0 Å². The van der Waals surface area contributed by atoms with E-state index in [9.17, 15) is 46.0 Å². The Morgan fingerprint density at radius 3 is 1.44 bits per heavy atom. The first kappa shape index (κ1) is 29.9. The summed E-state index contributed by atoms with van der Waals surface area (Å²) in [5.41, 5.74) is 0. The molecule has 3 aliphatic rings. The molecule has 0 aliphatic carbocycles. The monoisotopic (exact) mass is 532 g/mol. The summed E-state index contributed by atoms with van der Waals surface area (Å²) in [6.07, 6.45) is -21.8. The van der Waals surface area contributed by atoms with Crippen LogP contribution in [0.2, 0.25) is 0 Å². The second-order valence-corrected chi connectivity index (χ2v) is 8.75. The fraction of sp³-hybridized carbons (Fsp3) is 1.00. The van der Waals surface area contributed by atoms with E-state index >= 15 is 0 Å². The van der Waals surface area contributed by atoms with Crippen LogP contribution in [-0.2, 0) is 33.2 Å². The van der Waals surface area contributed by atoms with Gasteiger partial charge in [0.2, 0.25) is 0 Å². The third kappa shape index (κ3) is 5.84. The Kier molecular flexibility index (Phi) is 10.8. The normalized spacial score (nSPS) is 50.2. The van der Waals surface area contributed by atoms with Crippen LogP contribution in [0.25, 0.3) is 0 Å². The molecule has 16 nitrogen and oxygen atoms in total. The Hall–Kier alpha value is -0.640. The highest BCUT2D eigenvalue weighted by Crippen LogP contribution is 2.33. The van der Waals surface area contributed by atoms with Gasteiger partial charge in [0.1, 0.15) is 73.2 Å². The van der Waals surface area contributed by atoms with Gasteiger partial charge in [-0.3, -0.25) is 0 Å². The second-order valence-electron chi connectivity index (χ2n) is 8.75. The van der Waals surface area contributed by atoms with E-state index in [-0.39, 0.29) is 0 Å². The van der Waals surface area contributed by atoms with Crippen molar-refractivity contribution in [1.82, 2.24) is 0 Å². The van der Waals surface area contributed by atoms with Crippen molar-refractivity contribution in [2.24, 2.45) is 0 Å². The van der Waals surface area contributed by atoms with Crippen molar-refractivity contribution in [3.05, 3.63) is 0 Å². The number of methoxy groups -OCH3 is 2. The molecular formula is C20H36O16. The van der Waals surface area contributed by atoms with Crippen molar-refractivity contribution in [3.8, 4) is 0 Å². The zero-order valence-electron chi connectivity index (χ0n) is 19.7. The molecule has 0 bridgehead atoms. The first-order valence-electron chi connectivity index (χ1n) is 11.4. The van der Waals surface area contributed by atoms with Crippen LogP contribution in [0.1, 0.15) is 0 Å². The van der Waals surface area contributed by atoms with Gasteiger partial charge in [-0.15, -0.1) is 0 Å². The minimum absolute atomic E-state index is 0.642. The summed E-state index contributed by atoms with van der Waals surface area (Å²) in [6, 6.07) is 0. The Morgan fingerprint density at radius 1 is 0.500 bits per heavy atom. The molecule has 212 valence electrons.